The molecule has 2 heterocycles. The van der Waals surface area contributed by atoms with E-state index in [9.17, 15) is 4.79 Å². The van der Waals surface area contributed by atoms with Crippen LogP contribution in [-0.2, 0) is 11.2 Å². The highest BCUT2D eigenvalue weighted by Crippen LogP contribution is 2.17. The zero-order chi connectivity index (χ0) is 17.5. The van der Waals surface area contributed by atoms with Crippen LogP contribution in [0.4, 0.5) is 0 Å². The first kappa shape index (κ1) is 17.4. The molecule has 5 heteroatoms. The number of ether oxygens (including phenoxy) is 1. The molecule has 1 aromatic carbocycles. The van der Waals surface area contributed by atoms with Crippen molar-refractivity contribution in [1.29, 1.82) is 0 Å². The lowest BCUT2D eigenvalue weighted by Crippen LogP contribution is -2.40. The number of amides is 1. The second-order valence-electron chi connectivity index (χ2n) is 6.55. The molecule has 1 amide bonds. The van der Waals surface area contributed by atoms with Crippen molar-refractivity contribution >= 4 is 5.91 Å². The largest absolute Gasteiger partial charge is 0.492 e. The molecule has 1 aliphatic heterocycles. The Morgan fingerprint density at radius 1 is 1.16 bits per heavy atom. The van der Waals surface area contributed by atoms with E-state index in [-0.39, 0.29) is 11.8 Å². The lowest BCUT2D eigenvalue weighted by molar-refractivity contribution is -0.123. The predicted octanol–water partition coefficient (Wildman–Crippen LogP) is 2.25. The van der Waals surface area contributed by atoms with E-state index >= 15 is 0 Å². The number of hydrogen-bond donors (Lipinski definition) is 1. The summed E-state index contributed by atoms with van der Waals surface area (Å²) in [4.78, 5) is 17.7. The van der Waals surface area contributed by atoms with Gasteiger partial charge in [0, 0.05) is 24.9 Å². The number of pyridine rings is 1. The molecule has 0 atom stereocenters. The average Bonchev–Trinajstić information content (AvgIpc) is 2.64. The van der Waals surface area contributed by atoms with Crippen LogP contribution in [0.15, 0.2) is 48.8 Å². The molecule has 0 spiro atoms. The lowest BCUT2D eigenvalue weighted by atomic mass is 9.96. The van der Waals surface area contributed by atoms with Gasteiger partial charge in [0.2, 0.25) is 5.91 Å². The van der Waals surface area contributed by atoms with Crippen molar-refractivity contribution in [3.05, 3.63) is 59.9 Å². The predicted molar refractivity (Wildman–Crippen MR) is 97.3 cm³/mol. The molecule has 1 fully saturated rings. The highest BCUT2D eigenvalue weighted by atomic mass is 16.5. The number of likely N-dealkylation sites (tertiary alicyclic amines) is 1. The minimum atomic E-state index is -0.165. The van der Waals surface area contributed by atoms with Crippen LogP contribution in [0, 0.1) is 5.92 Å². The molecule has 1 saturated heterocycles. The fraction of sp³-hybridized carbons (Fsp3) is 0.400. The SMILES string of the molecule is NC(=O)C1CCN(CCOc2ccc(Cc3cccnc3)cc2)CC1. The molecule has 0 unspecified atom stereocenters. The molecular formula is C20H25N3O2. The standard InChI is InChI=1S/C20H25N3O2/c21-20(24)18-7-10-23(11-8-18)12-13-25-19-5-3-16(4-6-19)14-17-2-1-9-22-15-17/h1-6,9,15,18H,7-8,10-14H2,(H2,21,24). The molecule has 5 nitrogen and oxygen atoms in total. The third-order valence-electron chi connectivity index (χ3n) is 4.72. The van der Waals surface area contributed by atoms with E-state index in [1.54, 1.807) is 6.20 Å². The van der Waals surface area contributed by atoms with E-state index < -0.39 is 0 Å². The summed E-state index contributed by atoms with van der Waals surface area (Å²) >= 11 is 0. The number of nitrogens with two attached hydrogens (primary N) is 1. The normalized spacial score (nSPS) is 15.8. The Morgan fingerprint density at radius 3 is 2.56 bits per heavy atom. The van der Waals surface area contributed by atoms with Gasteiger partial charge in [-0.3, -0.25) is 14.7 Å². The number of benzene rings is 1. The number of aromatic nitrogens is 1. The molecule has 132 valence electrons. The molecule has 0 bridgehead atoms. The number of carbonyl (C=O) groups excluding carboxylic acids is 1. The van der Waals surface area contributed by atoms with Crippen molar-refractivity contribution in [2.45, 2.75) is 19.3 Å². The van der Waals surface area contributed by atoms with Gasteiger partial charge in [0.05, 0.1) is 0 Å². The number of nitrogens with zero attached hydrogens (tertiary/aromatic N) is 2. The van der Waals surface area contributed by atoms with Gasteiger partial charge in [-0.15, -0.1) is 0 Å². The first-order chi connectivity index (χ1) is 12.2. The lowest BCUT2D eigenvalue weighted by Gasteiger charge is -2.30. The van der Waals surface area contributed by atoms with Gasteiger partial charge >= 0.3 is 0 Å². The topological polar surface area (TPSA) is 68.5 Å². The molecule has 0 saturated carbocycles. The molecule has 0 aliphatic carbocycles. The molecule has 2 aromatic rings. The summed E-state index contributed by atoms with van der Waals surface area (Å²) in [6.45, 7) is 3.37. The van der Waals surface area contributed by atoms with E-state index in [1.165, 1.54) is 11.1 Å². The van der Waals surface area contributed by atoms with E-state index in [2.05, 4.69) is 28.1 Å². The number of rotatable bonds is 7. The van der Waals surface area contributed by atoms with Gasteiger partial charge in [-0.05, 0) is 61.7 Å². The minimum Gasteiger partial charge on any atom is -0.492 e. The summed E-state index contributed by atoms with van der Waals surface area (Å²) in [5.74, 6) is 0.772. The third kappa shape index (κ3) is 5.29. The maximum atomic E-state index is 11.2. The highest BCUT2D eigenvalue weighted by molar-refractivity contribution is 5.76. The first-order valence-electron chi connectivity index (χ1n) is 8.83. The van der Waals surface area contributed by atoms with Crippen molar-refractivity contribution in [1.82, 2.24) is 9.88 Å². The summed E-state index contributed by atoms with van der Waals surface area (Å²) < 4.78 is 5.84. The van der Waals surface area contributed by atoms with Gasteiger partial charge < -0.3 is 10.5 Å². The fourth-order valence-electron chi connectivity index (χ4n) is 3.18. The maximum Gasteiger partial charge on any atom is 0.220 e. The molecular weight excluding hydrogens is 314 g/mol. The van der Waals surface area contributed by atoms with Gasteiger partial charge in [-0.1, -0.05) is 18.2 Å². The summed E-state index contributed by atoms with van der Waals surface area (Å²) in [5.41, 5.74) is 7.81. The Bertz CT molecular complexity index is 665. The molecule has 3 rings (SSSR count). The van der Waals surface area contributed by atoms with Crippen molar-refractivity contribution in [3.63, 3.8) is 0 Å². The molecule has 0 radical (unpaired) electrons. The summed E-state index contributed by atoms with van der Waals surface area (Å²) in [6, 6.07) is 12.3. The fourth-order valence-corrected chi connectivity index (χ4v) is 3.18. The smallest absolute Gasteiger partial charge is 0.220 e. The Kier molecular flexibility index (Phi) is 6.01. The summed E-state index contributed by atoms with van der Waals surface area (Å²) in [5, 5.41) is 0. The van der Waals surface area contributed by atoms with Crippen molar-refractivity contribution in [2.24, 2.45) is 11.7 Å². The Labute approximate surface area is 148 Å². The van der Waals surface area contributed by atoms with Crippen LogP contribution in [-0.4, -0.2) is 42.0 Å². The molecule has 1 aromatic heterocycles. The number of primary amides is 1. The van der Waals surface area contributed by atoms with Crippen molar-refractivity contribution < 1.29 is 9.53 Å². The minimum absolute atomic E-state index is 0.0459. The quantitative estimate of drug-likeness (QED) is 0.840. The van der Waals surface area contributed by atoms with Crippen LogP contribution < -0.4 is 10.5 Å². The Morgan fingerprint density at radius 2 is 1.92 bits per heavy atom. The van der Waals surface area contributed by atoms with Crippen LogP contribution in [0.2, 0.25) is 0 Å². The monoisotopic (exact) mass is 339 g/mol. The highest BCUT2D eigenvalue weighted by Gasteiger charge is 2.22. The van der Waals surface area contributed by atoms with Gasteiger partial charge in [0.15, 0.2) is 0 Å². The van der Waals surface area contributed by atoms with Crippen molar-refractivity contribution in [3.8, 4) is 5.75 Å². The van der Waals surface area contributed by atoms with Gasteiger partial charge in [0.1, 0.15) is 12.4 Å². The van der Waals surface area contributed by atoms with E-state index in [1.807, 2.05) is 24.4 Å². The Balaban J connectivity index is 1.40. The number of carbonyl (C=O) groups is 1. The van der Waals surface area contributed by atoms with Gasteiger partial charge in [0.25, 0.3) is 0 Å². The Hall–Kier alpha value is -2.40. The van der Waals surface area contributed by atoms with Gasteiger partial charge in [-0.2, -0.15) is 0 Å². The van der Waals surface area contributed by atoms with Crippen LogP contribution in [0.1, 0.15) is 24.0 Å². The van der Waals surface area contributed by atoms with Crippen molar-refractivity contribution in [2.75, 3.05) is 26.2 Å². The summed E-state index contributed by atoms with van der Waals surface area (Å²) in [6.07, 6.45) is 6.28. The zero-order valence-electron chi connectivity index (χ0n) is 14.4. The molecule has 2 N–H and O–H groups in total. The van der Waals surface area contributed by atoms with Crippen LogP contribution in [0.5, 0.6) is 5.75 Å². The summed E-state index contributed by atoms with van der Waals surface area (Å²) in [7, 11) is 0. The maximum absolute atomic E-state index is 11.2. The van der Waals surface area contributed by atoms with E-state index in [0.29, 0.717) is 6.61 Å². The number of hydrogen-bond acceptors (Lipinski definition) is 4. The van der Waals surface area contributed by atoms with Crippen LogP contribution >= 0.6 is 0 Å². The van der Waals surface area contributed by atoms with Gasteiger partial charge in [-0.25, -0.2) is 0 Å². The zero-order valence-corrected chi connectivity index (χ0v) is 14.4. The van der Waals surface area contributed by atoms with E-state index in [4.69, 9.17) is 10.5 Å². The molecule has 1 aliphatic rings. The van der Waals surface area contributed by atoms with E-state index in [0.717, 1.165) is 44.6 Å². The van der Waals surface area contributed by atoms with Crippen LogP contribution in [0.3, 0.4) is 0 Å². The second kappa shape index (κ2) is 8.62. The average molecular weight is 339 g/mol. The second-order valence-corrected chi connectivity index (χ2v) is 6.55. The van der Waals surface area contributed by atoms with Crippen LogP contribution in [0.25, 0.3) is 0 Å². The first-order valence-corrected chi connectivity index (χ1v) is 8.83. The number of piperidine rings is 1. The third-order valence-corrected chi connectivity index (χ3v) is 4.72. The molecule has 25 heavy (non-hydrogen) atoms.